The van der Waals surface area contributed by atoms with E-state index in [0.717, 1.165) is 11.1 Å². The van der Waals surface area contributed by atoms with E-state index in [1.54, 1.807) is 35.5 Å². The molecule has 0 spiro atoms. The summed E-state index contributed by atoms with van der Waals surface area (Å²) in [5.41, 5.74) is 2.96. The van der Waals surface area contributed by atoms with Gasteiger partial charge in [0.15, 0.2) is 0 Å². The minimum Gasteiger partial charge on any atom is -0.350 e. The molecule has 0 saturated carbocycles. The number of benzene rings is 2. The lowest BCUT2D eigenvalue weighted by molar-refractivity contribution is -0.125. The molecule has 1 aliphatic heterocycles. The predicted octanol–water partition coefficient (Wildman–Crippen LogP) is 3.75. The Labute approximate surface area is 168 Å². The third kappa shape index (κ3) is 3.49. The molecule has 5 nitrogen and oxygen atoms in total. The first-order valence-corrected chi connectivity index (χ1v) is 9.33. The molecule has 1 aliphatic rings. The number of carbonyl (C=O) groups excluding carboxylic acids is 2. The standard InChI is InChI=1S/C22H18ClN3O2/c23-19-10-4-1-7-16(19)14-26-20(17-8-2-3-9-18(17)22(26)28)21(27)25-13-15-6-5-11-24-12-15/h1-12,20H,13-14H2,(H,25,27). The third-order valence-electron chi connectivity index (χ3n) is 4.79. The highest BCUT2D eigenvalue weighted by Gasteiger charge is 2.40. The van der Waals surface area contributed by atoms with E-state index >= 15 is 0 Å². The van der Waals surface area contributed by atoms with Crippen molar-refractivity contribution in [3.05, 3.63) is 100 Å². The normalized spacial score (nSPS) is 15.4. The van der Waals surface area contributed by atoms with Crippen LogP contribution in [0.15, 0.2) is 73.1 Å². The molecule has 140 valence electrons. The van der Waals surface area contributed by atoms with Crippen LogP contribution in [0, 0.1) is 0 Å². The van der Waals surface area contributed by atoms with E-state index in [-0.39, 0.29) is 18.4 Å². The minimum absolute atomic E-state index is 0.169. The van der Waals surface area contributed by atoms with E-state index in [1.165, 1.54) is 0 Å². The van der Waals surface area contributed by atoms with Crippen molar-refractivity contribution in [3.8, 4) is 0 Å². The zero-order valence-corrected chi connectivity index (χ0v) is 15.8. The van der Waals surface area contributed by atoms with E-state index in [4.69, 9.17) is 11.6 Å². The molecular weight excluding hydrogens is 374 g/mol. The molecule has 0 saturated heterocycles. The molecular formula is C22H18ClN3O2. The molecule has 2 heterocycles. The first kappa shape index (κ1) is 18.2. The fourth-order valence-electron chi connectivity index (χ4n) is 3.41. The zero-order valence-electron chi connectivity index (χ0n) is 15.0. The number of rotatable bonds is 5. The number of carbonyl (C=O) groups is 2. The number of halogens is 1. The van der Waals surface area contributed by atoms with Crippen LogP contribution in [0.3, 0.4) is 0 Å². The zero-order chi connectivity index (χ0) is 19.5. The lowest BCUT2D eigenvalue weighted by Crippen LogP contribution is -2.38. The summed E-state index contributed by atoms with van der Waals surface area (Å²) in [5.74, 6) is -0.397. The summed E-state index contributed by atoms with van der Waals surface area (Å²) >= 11 is 6.28. The van der Waals surface area contributed by atoms with Crippen molar-refractivity contribution in [1.29, 1.82) is 0 Å². The Morgan fingerprint density at radius 2 is 1.86 bits per heavy atom. The molecule has 3 aromatic rings. The van der Waals surface area contributed by atoms with Crippen molar-refractivity contribution >= 4 is 23.4 Å². The molecule has 0 bridgehead atoms. The number of hydrogen-bond donors (Lipinski definition) is 1. The molecule has 2 amide bonds. The van der Waals surface area contributed by atoms with Crippen molar-refractivity contribution in [2.45, 2.75) is 19.1 Å². The van der Waals surface area contributed by atoms with Crippen molar-refractivity contribution in [2.24, 2.45) is 0 Å². The largest absolute Gasteiger partial charge is 0.350 e. The average molecular weight is 392 g/mol. The SMILES string of the molecule is O=C(NCc1cccnc1)C1c2ccccc2C(=O)N1Cc1ccccc1Cl. The Bertz CT molecular complexity index is 1020. The van der Waals surface area contributed by atoms with Gasteiger partial charge in [0.1, 0.15) is 6.04 Å². The molecule has 28 heavy (non-hydrogen) atoms. The third-order valence-corrected chi connectivity index (χ3v) is 5.16. The van der Waals surface area contributed by atoms with Gasteiger partial charge in [0.2, 0.25) is 5.91 Å². The summed E-state index contributed by atoms with van der Waals surface area (Å²) in [6.07, 6.45) is 3.39. The molecule has 1 N–H and O–H groups in total. The second kappa shape index (κ2) is 7.82. The predicted molar refractivity (Wildman–Crippen MR) is 107 cm³/mol. The Hall–Kier alpha value is -3.18. The first-order valence-electron chi connectivity index (χ1n) is 8.95. The lowest BCUT2D eigenvalue weighted by atomic mass is 10.0. The molecule has 1 aromatic heterocycles. The second-order valence-electron chi connectivity index (χ2n) is 6.59. The second-order valence-corrected chi connectivity index (χ2v) is 7.00. The molecule has 1 atom stereocenters. The van der Waals surface area contributed by atoms with Gasteiger partial charge in [0, 0.05) is 36.1 Å². The van der Waals surface area contributed by atoms with Crippen LogP contribution in [0.4, 0.5) is 0 Å². The van der Waals surface area contributed by atoms with Crippen LogP contribution in [0.1, 0.15) is 33.1 Å². The summed E-state index contributed by atoms with van der Waals surface area (Å²) in [7, 11) is 0. The highest BCUT2D eigenvalue weighted by Crippen LogP contribution is 2.35. The van der Waals surface area contributed by atoms with Gasteiger partial charge in [-0.3, -0.25) is 14.6 Å². The van der Waals surface area contributed by atoms with E-state index < -0.39 is 6.04 Å². The van der Waals surface area contributed by atoms with E-state index in [1.807, 2.05) is 42.5 Å². The quantitative estimate of drug-likeness (QED) is 0.720. The molecule has 6 heteroatoms. The maximum Gasteiger partial charge on any atom is 0.255 e. The Morgan fingerprint density at radius 1 is 1.07 bits per heavy atom. The molecule has 2 aromatic carbocycles. The van der Waals surface area contributed by atoms with Crippen LogP contribution in [0.5, 0.6) is 0 Å². The van der Waals surface area contributed by atoms with Gasteiger partial charge in [-0.25, -0.2) is 0 Å². The van der Waals surface area contributed by atoms with Gasteiger partial charge < -0.3 is 10.2 Å². The van der Waals surface area contributed by atoms with Crippen LogP contribution in [-0.2, 0) is 17.9 Å². The number of fused-ring (bicyclic) bond motifs is 1. The summed E-state index contributed by atoms with van der Waals surface area (Å²) in [4.78, 5) is 31.7. The van der Waals surface area contributed by atoms with Crippen molar-refractivity contribution < 1.29 is 9.59 Å². The van der Waals surface area contributed by atoms with Gasteiger partial charge in [-0.05, 0) is 34.9 Å². The van der Waals surface area contributed by atoms with Gasteiger partial charge in [-0.2, -0.15) is 0 Å². The lowest BCUT2D eigenvalue weighted by Gasteiger charge is -2.25. The van der Waals surface area contributed by atoms with Gasteiger partial charge in [-0.15, -0.1) is 0 Å². The molecule has 0 fully saturated rings. The Morgan fingerprint density at radius 3 is 2.64 bits per heavy atom. The highest BCUT2D eigenvalue weighted by molar-refractivity contribution is 6.31. The van der Waals surface area contributed by atoms with Gasteiger partial charge in [-0.1, -0.05) is 54.1 Å². The van der Waals surface area contributed by atoms with Crippen LogP contribution >= 0.6 is 11.6 Å². The van der Waals surface area contributed by atoms with Crippen molar-refractivity contribution in [2.75, 3.05) is 0 Å². The topological polar surface area (TPSA) is 62.3 Å². The first-order chi connectivity index (χ1) is 13.6. The summed E-state index contributed by atoms with van der Waals surface area (Å²) in [6, 6.07) is 17.6. The Kier molecular flexibility index (Phi) is 5.08. The number of aromatic nitrogens is 1. The van der Waals surface area contributed by atoms with E-state index in [2.05, 4.69) is 10.3 Å². The number of pyridine rings is 1. The summed E-state index contributed by atoms with van der Waals surface area (Å²) in [5, 5.41) is 3.50. The van der Waals surface area contributed by atoms with Gasteiger partial charge >= 0.3 is 0 Å². The molecule has 4 rings (SSSR count). The number of amides is 2. The summed E-state index contributed by atoms with van der Waals surface area (Å²) in [6.45, 7) is 0.609. The van der Waals surface area contributed by atoms with Crippen LogP contribution in [-0.4, -0.2) is 21.7 Å². The highest BCUT2D eigenvalue weighted by atomic mass is 35.5. The maximum atomic E-state index is 13.1. The van der Waals surface area contributed by atoms with Gasteiger partial charge in [0.05, 0.1) is 0 Å². The minimum atomic E-state index is -0.698. The molecule has 1 unspecified atom stereocenters. The van der Waals surface area contributed by atoms with Crippen molar-refractivity contribution in [3.63, 3.8) is 0 Å². The molecule has 0 aliphatic carbocycles. The van der Waals surface area contributed by atoms with Crippen LogP contribution in [0.25, 0.3) is 0 Å². The van der Waals surface area contributed by atoms with Gasteiger partial charge in [0.25, 0.3) is 5.91 Å². The Balaban J connectivity index is 1.62. The molecule has 0 radical (unpaired) electrons. The fraction of sp³-hybridized carbons (Fsp3) is 0.136. The number of hydrogen-bond acceptors (Lipinski definition) is 3. The fourth-order valence-corrected chi connectivity index (χ4v) is 3.61. The average Bonchev–Trinajstić information content (AvgIpc) is 3.01. The van der Waals surface area contributed by atoms with E-state index in [9.17, 15) is 9.59 Å². The summed E-state index contributed by atoms with van der Waals surface area (Å²) < 4.78 is 0. The number of nitrogens with one attached hydrogen (secondary N) is 1. The van der Waals surface area contributed by atoms with E-state index in [0.29, 0.717) is 22.7 Å². The van der Waals surface area contributed by atoms with Crippen LogP contribution < -0.4 is 5.32 Å². The smallest absolute Gasteiger partial charge is 0.255 e. The van der Waals surface area contributed by atoms with Crippen molar-refractivity contribution in [1.82, 2.24) is 15.2 Å². The monoisotopic (exact) mass is 391 g/mol. The maximum absolute atomic E-state index is 13.1. The number of nitrogens with zero attached hydrogens (tertiary/aromatic N) is 2. The van der Waals surface area contributed by atoms with Crippen LogP contribution in [0.2, 0.25) is 5.02 Å².